The lowest BCUT2D eigenvalue weighted by atomic mass is 10.0. The van der Waals surface area contributed by atoms with Crippen LogP contribution in [0, 0.1) is 0 Å². The molecule has 21 heavy (non-hydrogen) atoms. The quantitative estimate of drug-likeness (QED) is 0.904. The largest absolute Gasteiger partial charge is 0.379 e. The van der Waals surface area contributed by atoms with Gasteiger partial charge in [-0.25, -0.2) is 0 Å². The summed E-state index contributed by atoms with van der Waals surface area (Å²) in [6.07, 6.45) is 5.39. The molecule has 1 aliphatic carbocycles. The van der Waals surface area contributed by atoms with Crippen LogP contribution in [-0.2, 0) is 4.74 Å². The van der Waals surface area contributed by atoms with Gasteiger partial charge in [-0.3, -0.25) is 4.90 Å². The third-order valence-electron chi connectivity index (χ3n) is 4.67. The summed E-state index contributed by atoms with van der Waals surface area (Å²) >= 11 is 6.19. The lowest BCUT2D eigenvalue weighted by molar-refractivity contribution is 0.0156. The van der Waals surface area contributed by atoms with Gasteiger partial charge in [0.1, 0.15) is 0 Å². The second-order valence-electron chi connectivity index (χ2n) is 6.11. The average molecular weight is 309 g/mol. The van der Waals surface area contributed by atoms with Crippen molar-refractivity contribution < 1.29 is 4.74 Å². The summed E-state index contributed by atoms with van der Waals surface area (Å²) in [4.78, 5) is 2.52. The molecular weight excluding hydrogens is 284 g/mol. The third-order valence-corrected chi connectivity index (χ3v) is 4.91. The number of halogens is 1. The normalized spacial score (nSPS) is 22.5. The zero-order valence-electron chi connectivity index (χ0n) is 12.6. The van der Waals surface area contributed by atoms with E-state index in [1.807, 2.05) is 6.07 Å². The van der Waals surface area contributed by atoms with E-state index < -0.39 is 0 Å². The van der Waals surface area contributed by atoms with E-state index in [1.54, 1.807) is 0 Å². The van der Waals surface area contributed by atoms with Crippen molar-refractivity contribution in [1.82, 2.24) is 10.2 Å². The fraction of sp³-hybridized carbons (Fsp3) is 0.647. The summed E-state index contributed by atoms with van der Waals surface area (Å²) in [6, 6.07) is 9.41. The van der Waals surface area contributed by atoms with Crippen molar-refractivity contribution in [3.05, 3.63) is 34.9 Å². The lowest BCUT2D eigenvalue weighted by Gasteiger charge is -2.35. The van der Waals surface area contributed by atoms with E-state index in [4.69, 9.17) is 16.3 Å². The molecular formula is C17H25ClN2O. The first-order chi connectivity index (χ1) is 10.3. The summed E-state index contributed by atoms with van der Waals surface area (Å²) in [7, 11) is 0. The van der Waals surface area contributed by atoms with E-state index >= 15 is 0 Å². The fourth-order valence-corrected chi connectivity index (χ4v) is 3.67. The van der Waals surface area contributed by atoms with Crippen molar-refractivity contribution in [1.29, 1.82) is 0 Å². The number of nitrogens with zero attached hydrogens (tertiary/aromatic N) is 1. The van der Waals surface area contributed by atoms with E-state index in [1.165, 1.54) is 31.2 Å². The van der Waals surface area contributed by atoms with Crippen LogP contribution in [0.4, 0.5) is 0 Å². The molecule has 3 rings (SSSR count). The Morgan fingerprint density at radius 1 is 1.24 bits per heavy atom. The number of ether oxygens (including phenoxy) is 1. The molecule has 4 heteroatoms. The number of nitrogens with one attached hydrogen (secondary N) is 1. The van der Waals surface area contributed by atoms with Crippen molar-refractivity contribution in [2.24, 2.45) is 0 Å². The average Bonchev–Trinajstić information content (AvgIpc) is 3.02. The van der Waals surface area contributed by atoms with Crippen LogP contribution in [0.5, 0.6) is 0 Å². The number of hydrogen-bond donors (Lipinski definition) is 1. The van der Waals surface area contributed by atoms with Crippen molar-refractivity contribution >= 4 is 11.6 Å². The Kier molecular flexibility index (Phi) is 5.53. The predicted octanol–water partition coefficient (Wildman–Crippen LogP) is 3.25. The van der Waals surface area contributed by atoms with Crippen LogP contribution in [0.3, 0.4) is 0 Å². The van der Waals surface area contributed by atoms with Crippen LogP contribution in [-0.4, -0.2) is 43.8 Å². The molecule has 0 amide bonds. The summed E-state index contributed by atoms with van der Waals surface area (Å²) in [6.45, 7) is 4.68. The highest BCUT2D eigenvalue weighted by molar-refractivity contribution is 6.30. The third kappa shape index (κ3) is 4.19. The van der Waals surface area contributed by atoms with Gasteiger partial charge in [0, 0.05) is 36.7 Å². The van der Waals surface area contributed by atoms with Crippen molar-refractivity contribution in [2.45, 2.75) is 37.8 Å². The molecule has 1 unspecified atom stereocenters. The predicted molar refractivity (Wildman–Crippen MR) is 86.8 cm³/mol. The summed E-state index contributed by atoms with van der Waals surface area (Å²) in [5.74, 6) is 0. The Labute approximate surface area is 132 Å². The van der Waals surface area contributed by atoms with Crippen LogP contribution in [0.25, 0.3) is 0 Å². The van der Waals surface area contributed by atoms with E-state index in [0.29, 0.717) is 12.1 Å². The summed E-state index contributed by atoms with van der Waals surface area (Å²) in [5.41, 5.74) is 1.31. The van der Waals surface area contributed by atoms with Crippen molar-refractivity contribution in [3.63, 3.8) is 0 Å². The zero-order chi connectivity index (χ0) is 14.5. The van der Waals surface area contributed by atoms with Crippen molar-refractivity contribution in [3.8, 4) is 0 Å². The number of morpholine rings is 1. The molecule has 0 aromatic heterocycles. The van der Waals surface area contributed by atoms with Gasteiger partial charge in [-0.2, -0.15) is 0 Å². The molecule has 2 aliphatic rings. The number of hydrogen-bond acceptors (Lipinski definition) is 3. The maximum Gasteiger partial charge on any atom is 0.0594 e. The molecule has 1 aromatic rings. The first kappa shape index (κ1) is 15.3. The molecule has 1 aliphatic heterocycles. The topological polar surface area (TPSA) is 24.5 Å². The van der Waals surface area contributed by atoms with E-state index in [-0.39, 0.29) is 0 Å². The van der Waals surface area contributed by atoms with Crippen LogP contribution in [0.15, 0.2) is 24.3 Å². The van der Waals surface area contributed by atoms with Crippen LogP contribution in [0.1, 0.15) is 37.3 Å². The fourth-order valence-electron chi connectivity index (χ4n) is 3.47. The highest BCUT2D eigenvalue weighted by atomic mass is 35.5. The summed E-state index contributed by atoms with van der Waals surface area (Å²) < 4.78 is 5.50. The zero-order valence-corrected chi connectivity index (χ0v) is 13.3. The maximum atomic E-state index is 6.19. The second kappa shape index (κ2) is 7.59. The molecule has 0 radical (unpaired) electrons. The minimum Gasteiger partial charge on any atom is -0.379 e. The van der Waals surface area contributed by atoms with Gasteiger partial charge in [-0.15, -0.1) is 0 Å². The molecule has 1 saturated heterocycles. The van der Waals surface area contributed by atoms with E-state index in [9.17, 15) is 0 Å². The Hall–Kier alpha value is -0.610. The Balaban J connectivity index is 1.69. The Morgan fingerprint density at radius 3 is 2.71 bits per heavy atom. The molecule has 3 nitrogen and oxygen atoms in total. The van der Waals surface area contributed by atoms with Gasteiger partial charge in [0.05, 0.1) is 13.2 Å². The van der Waals surface area contributed by atoms with Gasteiger partial charge >= 0.3 is 0 Å². The first-order valence-corrected chi connectivity index (χ1v) is 8.51. The lowest BCUT2D eigenvalue weighted by Crippen LogP contribution is -2.44. The Bertz CT molecular complexity index is 442. The number of rotatable bonds is 5. The second-order valence-corrected chi connectivity index (χ2v) is 6.55. The van der Waals surface area contributed by atoms with Gasteiger partial charge in [-0.05, 0) is 30.5 Å². The molecule has 0 spiro atoms. The van der Waals surface area contributed by atoms with Crippen LogP contribution >= 0.6 is 11.6 Å². The Morgan fingerprint density at radius 2 is 2.00 bits per heavy atom. The highest BCUT2D eigenvalue weighted by Gasteiger charge is 2.24. The van der Waals surface area contributed by atoms with Crippen LogP contribution < -0.4 is 5.32 Å². The molecule has 1 aromatic carbocycles. The SMILES string of the molecule is Clc1cccc(C(CNC2CCCC2)N2CCOCC2)c1. The van der Waals surface area contributed by atoms with E-state index in [2.05, 4.69) is 28.4 Å². The van der Waals surface area contributed by atoms with Gasteiger partial charge < -0.3 is 10.1 Å². The molecule has 1 saturated carbocycles. The van der Waals surface area contributed by atoms with Gasteiger partial charge in [0.2, 0.25) is 0 Å². The maximum absolute atomic E-state index is 6.19. The van der Waals surface area contributed by atoms with Gasteiger partial charge in [0.25, 0.3) is 0 Å². The monoisotopic (exact) mass is 308 g/mol. The number of benzene rings is 1. The molecule has 1 atom stereocenters. The molecule has 1 N–H and O–H groups in total. The molecule has 1 heterocycles. The minimum absolute atomic E-state index is 0.396. The van der Waals surface area contributed by atoms with Gasteiger partial charge in [-0.1, -0.05) is 36.6 Å². The minimum atomic E-state index is 0.396. The van der Waals surface area contributed by atoms with Gasteiger partial charge in [0.15, 0.2) is 0 Å². The highest BCUT2D eigenvalue weighted by Crippen LogP contribution is 2.25. The molecule has 0 bridgehead atoms. The van der Waals surface area contributed by atoms with Crippen LogP contribution in [0.2, 0.25) is 5.02 Å². The molecule has 116 valence electrons. The first-order valence-electron chi connectivity index (χ1n) is 8.13. The standard InChI is InChI=1S/C17H25ClN2O/c18-15-5-3-4-14(12-15)17(20-8-10-21-11-9-20)13-19-16-6-1-2-7-16/h3-5,12,16-17,19H,1-2,6-11,13H2. The molecule has 2 fully saturated rings. The summed E-state index contributed by atoms with van der Waals surface area (Å²) in [5, 5.41) is 4.60. The smallest absolute Gasteiger partial charge is 0.0594 e. The van der Waals surface area contributed by atoms with E-state index in [0.717, 1.165) is 37.9 Å². The van der Waals surface area contributed by atoms with Crippen molar-refractivity contribution in [2.75, 3.05) is 32.8 Å².